The number of amides is 1. The van der Waals surface area contributed by atoms with Gasteiger partial charge in [-0.3, -0.25) is 19.0 Å². The topological polar surface area (TPSA) is 92.5 Å². The van der Waals surface area contributed by atoms with Gasteiger partial charge in [0, 0.05) is 35.2 Å². The van der Waals surface area contributed by atoms with Gasteiger partial charge < -0.3 is 10.0 Å². The number of carboxylic acid groups (broad SMARTS) is 1. The smallest absolute Gasteiger partial charge is 0.316 e. The van der Waals surface area contributed by atoms with Crippen LogP contribution in [0.25, 0.3) is 11.3 Å². The van der Waals surface area contributed by atoms with Crippen LogP contribution in [0.2, 0.25) is 0 Å². The Bertz CT molecular complexity index is 1290. The average molecular weight is 564 g/mol. The van der Waals surface area contributed by atoms with Crippen LogP contribution in [0.5, 0.6) is 0 Å². The third-order valence-electron chi connectivity index (χ3n) is 6.81. The van der Waals surface area contributed by atoms with Crippen LogP contribution in [-0.2, 0) is 22.6 Å². The maximum absolute atomic E-state index is 13.7. The lowest BCUT2D eigenvalue weighted by Gasteiger charge is -2.24. The van der Waals surface area contributed by atoms with E-state index in [2.05, 4.69) is 6.92 Å². The van der Waals surface area contributed by atoms with E-state index in [1.54, 1.807) is 4.90 Å². The second-order valence-corrected chi connectivity index (χ2v) is 11.2. The minimum Gasteiger partial charge on any atom is -0.480 e. The average Bonchev–Trinajstić information content (AvgIpc) is 2.96. The lowest BCUT2D eigenvalue weighted by molar-refractivity contribution is -0.136. The Morgan fingerprint density at radius 1 is 0.950 bits per heavy atom. The van der Waals surface area contributed by atoms with Crippen molar-refractivity contribution in [3.63, 3.8) is 0 Å². The van der Waals surface area contributed by atoms with Crippen LogP contribution in [-0.4, -0.2) is 38.3 Å². The fourth-order valence-corrected chi connectivity index (χ4v) is 5.68. The zero-order chi connectivity index (χ0) is 28.9. The van der Waals surface area contributed by atoms with Crippen molar-refractivity contribution in [1.29, 1.82) is 0 Å². The first-order valence-electron chi connectivity index (χ1n) is 14.3. The first kappa shape index (κ1) is 31.1. The molecule has 1 N–H and O–H groups in total. The molecule has 0 saturated heterocycles. The molecule has 0 spiro atoms. The number of anilines is 1. The van der Waals surface area contributed by atoms with Gasteiger partial charge in [0.05, 0.1) is 5.69 Å². The maximum atomic E-state index is 13.7. The summed E-state index contributed by atoms with van der Waals surface area (Å²) in [6, 6.07) is 18.6. The van der Waals surface area contributed by atoms with Gasteiger partial charge in [-0.05, 0) is 37.1 Å². The van der Waals surface area contributed by atoms with Crippen LogP contribution in [0.15, 0.2) is 70.4 Å². The van der Waals surface area contributed by atoms with Gasteiger partial charge in [-0.15, -0.1) is 11.8 Å². The van der Waals surface area contributed by atoms with Gasteiger partial charge in [0.1, 0.15) is 17.6 Å². The molecule has 2 aromatic carbocycles. The summed E-state index contributed by atoms with van der Waals surface area (Å²) in [4.78, 5) is 45.8. The second-order valence-electron chi connectivity index (χ2n) is 9.89. The van der Waals surface area contributed by atoms with E-state index in [0.717, 1.165) is 54.7 Å². The minimum atomic E-state index is -0.816. The third kappa shape index (κ3) is 8.81. The van der Waals surface area contributed by atoms with E-state index in [9.17, 15) is 19.5 Å². The van der Waals surface area contributed by atoms with Gasteiger partial charge in [0.2, 0.25) is 5.91 Å². The molecule has 0 fully saturated rings. The zero-order valence-electron chi connectivity index (χ0n) is 23.8. The van der Waals surface area contributed by atoms with Crippen molar-refractivity contribution < 1.29 is 14.7 Å². The number of aliphatic carboxylic acids is 1. The second kappa shape index (κ2) is 16.0. The van der Waals surface area contributed by atoms with Crippen molar-refractivity contribution in [2.24, 2.45) is 0 Å². The highest BCUT2D eigenvalue weighted by molar-refractivity contribution is 8.00. The van der Waals surface area contributed by atoms with E-state index in [1.807, 2.05) is 68.4 Å². The fourth-order valence-electron chi connectivity index (χ4n) is 4.61. The van der Waals surface area contributed by atoms with Crippen LogP contribution in [0.1, 0.15) is 71.5 Å². The summed E-state index contributed by atoms with van der Waals surface area (Å²) < 4.78 is 1.48. The van der Waals surface area contributed by atoms with Crippen molar-refractivity contribution in [3.05, 3.63) is 76.8 Å². The van der Waals surface area contributed by atoms with Gasteiger partial charge in [-0.1, -0.05) is 83.2 Å². The third-order valence-corrected chi connectivity index (χ3v) is 8.07. The molecule has 0 bridgehead atoms. The van der Waals surface area contributed by atoms with Gasteiger partial charge in [0.25, 0.3) is 5.56 Å². The van der Waals surface area contributed by atoms with Gasteiger partial charge in [-0.2, -0.15) is 0 Å². The molecule has 0 aliphatic rings. The number of benzene rings is 2. The molecule has 0 radical (unpaired) electrons. The quantitative estimate of drug-likeness (QED) is 0.152. The monoisotopic (exact) mass is 563 g/mol. The summed E-state index contributed by atoms with van der Waals surface area (Å²) in [5.41, 5.74) is 1.97. The van der Waals surface area contributed by atoms with Crippen molar-refractivity contribution >= 4 is 29.3 Å². The molecule has 0 aliphatic carbocycles. The molecule has 40 heavy (non-hydrogen) atoms. The standard InChI is InChI=1S/C32H41N3O4S/c1-4-7-8-9-13-21-34(25-17-19-26(20-18-25)40-28(14-5-2)32(38)39)31(37)23-35-29(6-3)33-27(22-30(35)36)24-15-11-10-12-16-24/h10-12,15-20,22,28H,4-9,13-14,21,23H2,1-3H3,(H,38,39). The molecule has 7 nitrogen and oxygen atoms in total. The van der Waals surface area contributed by atoms with Gasteiger partial charge in [-0.25, -0.2) is 4.98 Å². The van der Waals surface area contributed by atoms with E-state index in [1.165, 1.54) is 22.4 Å². The highest BCUT2D eigenvalue weighted by atomic mass is 32.2. The summed E-state index contributed by atoms with van der Waals surface area (Å²) in [5, 5.41) is 9.02. The SMILES string of the molecule is CCCCCCCN(C(=O)Cn1c(CC)nc(-c2ccccc2)cc1=O)c1ccc(SC(CCC)C(=O)O)cc1. The molecular weight excluding hydrogens is 522 g/mol. The Kier molecular flexibility index (Phi) is 12.5. The molecule has 1 unspecified atom stereocenters. The first-order valence-corrected chi connectivity index (χ1v) is 15.2. The molecular formula is C32H41N3O4S. The molecule has 1 atom stereocenters. The highest BCUT2D eigenvalue weighted by Gasteiger charge is 2.21. The molecule has 1 heterocycles. The predicted molar refractivity (Wildman–Crippen MR) is 163 cm³/mol. The Morgan fingerprint density at radius 3 is 2.27 bits per heavy atom. The van der Waals surface area contributed by atoms with Crippen molar-refractivity contribution in [3.8, 4) is 11.3 Å². The summed E-state index contributed by atoms with van der Waals surface area (Å²) in [5.74, 6) is -0.412. The summed E-state index contributed by atoms with van der Waals surface area (Å²) in [6.07, 6.45) is 7.22. The van der Waals surface area contributed by atoms with Crippen LogP contribution in [0.4, 0.5) is 5.69 Å². The number of carbonyl (C=O) groups is 2. The zero-order valence-corrected chi connectivity index (χ0v) is 24.7. The number of carbonyl (C=O) groups excluding carboxylic acids is 1. The highest BCUT2D eigenvalue weighted by Crippen LogP contribution is 2.29. The Morgan fingerprint density at radius 2 is 1.65 bits per heavy atom. The Balaban J connectivity index is 1.84. The first-order chi connectivity index (χ1) is 19.4. The number of carboxylic acids is 1. The van der Waals surface area contributed by atoms with Crippen LogP contribution in [0.3, 0.4) is 0 Å². The number of thioether (sulfide) groups is 1. The molecule has 1 aromatic heterocycles. The lowest BCUT2D eigenvalue weighted by atomic mass is 10.1. The molecule has 214 valence electrons. The van der Waals surface area contributed by atoms with Gasteiger partial charge in [0.15, 0.2) is 0 Å². The number of aromatic nitrogens is 2. The number of nitrogens with zero attached hydrogens (tertiary/aromatic N) is 3. The Hall–Kier alpha value is -3.39. The molecule has 1 amide bonds. The molecule has 0 saturated carbocycles. The minimum absolute atomic E-state index is 0.0902. The van der Waals surface area contributed by atoms with Crippen LogP contribution in [0, 0.1) is 0 Å². The number of aryl methyl sites for hydroxylation is 1. The maximum Gasteiger partial charge on any atom is 0.316 e. The van der Waals surface area contributed by atoms with Crippen molar-refractivity contribution in [2.75, 3.05) is 11.4 Å². The predicted octanol–water partition coefficient (Wildman–Crippen LogP) is 6.82. The fraction of sp³-hybridized carbons (Fsp3) is 0.438. The number of hydrogen-bond donors (Lipinski definition) is 1. The molecule has 0 aliphatic heterocycles. The molecule has 3 aromatic rings. The van der Waals surface area contributed by atoms with Crippen molar-refractivity contribution in [2.45, 2.75) is 88.8 Å². The van der Waals surface area contributed by atoms with Crippen LogP contribution >= 0.6 is 11.8 Å². The van der Waals surface area contributed by atoms with E-state index >= 15 is 0 Å². The summed E-state index contributed by atoms with van der Waals surface area (Å²) in [7, 11) is 0. The van der Waals surface area contributed by atoms with E-state index in [0.29, 0.717) is 30.9 Å². The summed E-state index contributed by atoms with van der Waals surface area (Å²) >= 11 is 1.33. The van der Waals surface area contributed by atoms with E-state index in [4.69, 9.17) is 4.98 Å². The largest absolute Gasteiger partial charge is 0.480 e. The molecule has 8 heteroatoms. The number of rotatable bonds is 16. The van der Waals surface area contributed by atoms with Crippen LogP contribution < -0.4 is 10.5 Å². The van der Waals surface area contributed by atoms with E-state index in [-0.39, 0.29) is 18.0 Å². The Labute approximate surface area is 241 Å². The number of hydrogen-bond acceptors (Lipinski definition) is 5. The number of unbranched alkanes of at least 4 members (excludes halogenated alkanes) is 4. The normalized spacial score (nSPS) is 11.8. The van der Waals surface area contributed by atoms with E-state index < -0.39 is 11.2 Å². The summed E-state index contributed by atoms with van der Waals surface area (Å²) in [6.45, 7) is 6.54. The van der Waals surface area contributed by atoms with Gasteiger partial charge >= 0.3 is 5.97 Å². The molecule has 3 rings (SSSR count). The lowest BCUT2D eigenvalue weighted by Crippen LogP contribution is -2.38. The van der Waals surface area contributed by atoms with Crippen molar-refractivity contribution in [1.82, 2.24) is 9.55 Å².